The van der Waals surface area contributed by atoms with Crippen molar-refractivity contribution in [1.29, 1.82) is 0 Å². The van der Waals surface area contributed by atoms with E-state index in [-0.39, 0.29) is 6.61 Å². The third-order valence-corrected chi connectivity index (χ3v) is 2.66. The molecule has 0 aliphatic carbocycles. The van der Waals surface area contributed by atoms with Crippen molar-refractivity contribution in [3.8, 4) is 11.3 Å². The van der Waals surface area contributed by atoms with Crippen LogP contribution in [0, 0.1) is 0 Å². The number of fused-ring (bicyclic) bond motifs is 1. The van der Waals surface area contributed by atoms with Crippen molar-refractivity contribution >= 4 is 10.9 Å². The fourth-order valence-electron chi connectivity index (χ4n) is 1.86. The van der Waals surface area contributed by atoms with E-state index in [1.807, 2.05) is 24.3 Å². The number of hydrogen-bond donors (Lipinski definition) is 3. The molecule has 4 nitrogen and oxygen atoms in total. The Bertz CT molecular complexity index is 610. The highest BCUT2D eigenvalue weighted by Gasteiger charge is 2.03. The number of aliphatic hydroxyl groups excluding tert-OH is 1. The van der Waals surface area contributed by atoms with Crippen LogP contribution < -0.4 is 0 Å². The van der Waals surface area contributed by atoms with Gasteiger partial charge in [0, 0.05) is 28.4 Å². The van der Waals surface area contributed by atoms with Gasteiger partial charge >= 0.3 is 0 Å². The normalized spacial score (nSPS) is 11.1. The minimum absolute atomic E-state index is 0.0358. The number of rotatable bonds is 2. The summed E-state index contributed by atoms with van der Waals surface area (Å²) < 4.78 is 0. The maximum Gasteiger partial charge on any atom is 0.0831 e. The van der Waals surface area contributed by atoms with Crippen molar-refractivity contribution < 1.29 is 5.11 Å². The largest absolute Gasteiger partial charge is 0.390 e. The van der Waals surface area contributed by atoms with Crippen LogP contribution in [0.5, 0.6) is 0 Å². The Morgan fingerprint density at radius 3 is 2.88 bits per heavy atom. The highest BCUT2D eigenvalue weighted by atomic mass is 16.3. The van der Waals surface area contributed by atoms with Gasteiger partial charge in [-0.15, -0.1) is 0 Å². The molecule has 0 saturated heterocycles. The van der Waals surface area contributed by atoms with Gasteiger partial charge in [0.2, 0.25) is 0 Å². The molecule has 16 heavy (non-hydrogen) atoms. The lowest BCUT2D eigenvalue weighted by molar-refractivity contribution is 0.278. The average Bonchev–Trinajstić information content (AvgIpc) is 2.96. The molecule has 0 aliphatic rings. The van der Waals surface area contributed by atoms with E-state index < -0.39 is 0 Å². The van der Waals surface area contributed by atoms with Gasteiger partial charge in [-0.05, 0) is 24.3 Å². The summed E-state index contributed by atoms with van der Waals surface area (Å²) in [6.45, 7) is 0.0358. The van der Waals surface area contributed by atoms with Gasteiger partial charge in [0.15, 0.2) is 0 Å². The van der Waals surface area contributed by atoms with E-state index in [1.54, 1.807) is 6.20 Å². The molecule has 0 bridgehead atoms. The standard InChI is InChI=1S/C12H11N3O/c16-7-10-6-9-5-8(1-2-11(9)14-10)12-3-4-13-15-12/h1-6,14,16H,7H2,(H,13,15). The molecular formula is C12H11N3O. The Morgan fingerprint density at radius 1 is 1.19 bits per heavy atom. The average molecular weight is 213 g/mol. The van der Waals surface area contributed by atoms with Crippen molar-refractivity contribution in [2.24, 2.45) is 0 Å². The van der Waals surface area contributed by atoms with Gasteiger partial charge in [0.25, 0.3) is 0 Å². The quantitative estimate of drug-likeness (QED) is 0.610. The first-order valence-corrected chi connectivity index (χ1v) is 5.09. The first-order chi connectivity index (χ1) is 7.86. The molecule has 0 unspecified atom stereocenters. The van der Waals surface area contributed by atoms with E-state index in [1.165, 1.54) is 0 Å². The highest BCUT2D eigenvalue weighted by molar-refractivity contribution is 5.85. The maximum absolute atomic E-state index is 9.04. The summed E-state index contributed by atoms with van der Waals surface area (Å²) in [5.74, 6) is 0. The van der Waals surface area contributed by atoms with E-state index in [4.69, 9.17) is 5.11 Å². The van der Waals surface area contributed by atoms with Crippen LogP contribution in [-0.4, -0.2) is 20.3 Å². The fourth-order valence-corrected chi connectivity index (χ4v) is 1.86. The molecule has 4 heteroatoms. The third-order valence-electron chi connectivity index (χ3n) is 2.66. The van der Waals surface area contributed by atoms with Crippen LogP contribution in [-0.2, 0) is 6.61 Å². The van der Waals surface area contributed by atoms with E-state index >= 15 is 0 Å². The molecule has 0 spiro atoms. The molecule has 2 heterocycles. The molecule has 1 aromatic carbocycles. The number of aliphatic hydroxyl groups is 1. The highest BCUT2D eigenvalue weighted by Crippen LogP contribution is 2.23. The van der Waals surface area contributed by atoms with Crippen molar-refractivity contribution in [1.82, 2.24) is 15.2 Å². The summed E-state index contributed by atoms with van der Waals surface area (Å²) in [5, 5.41) is 17.0. The van der Waals surface area contributed by atoms with Crippen molar-refractivity contribution in [3.63, 3.8) is 0 Å². The number of aromatic amines is 2. The second-order valence-corrected chi connectivity index (χ2v) is 3.73. The summed E-state index contributed by atoms with van der Waals surface area (Å²) in [4.78, 5) is 3.14. The van der Waals surface area contributed by atoms with E-state index in [9.17, 15) is 0 Å². The molecule has 3 aromatic rings. The zero-order valence-electron chi connectivity index (χ0n) is 8.57. The molecular weight excluding hydrogens is 202 g/mol. The van der Waals surface area contributed by atoms with Crippen LogP contribution in [0.4, 0.5) is 0 Å². The first kappa shape index (κ1) is 9.18. The predicted octanol–water partition coefficient (Wildman–Crippen LogP) is 2.05. The number of aromatic nitrogens is 3. The summed E-state index contributed by atoms with van der Waals surface area (Å²) in [7, 11) is 0. The van der Waals surface area contributed by atoms with Gasteiger partial charge in [-0.3, -0.25) is 5.10 Å². The molecule has 0 saturated carbocycles. The zero-order chi connectivity index (χ0) is 11.0. The lowest BCUT2D eigenvalue weighted by Gasteiger charge is -1.97. The van der Waals surface area contributed by atoms with Gasteiger partial charge < -0.3 is 10.1 Å². The number of hydrogen-bond acceptors (Lipinski definition) is 2. The van der Waals surface area contributed by atoms with Crippen LogP contribution >= 0.6 is 0 Å². The molecule has 0 atom stereocenters. The molecule has 0 amide bonds. The molecule has 2 aromatic heterocycles. The molecule has 3 rings (SSSR count). The number of benzene rings is 1. The first-order valence-electron chi connectivity index (χ1n) is 5.09. The SMILES string of the molecule is OCc1cc2cc(-c3ccn[nH]3)ccc2[nH]1. The van der Waals surface area contributed by atoms with Crippen LogP contribution in [0.2, 0.25) is 0 Å². The van der Waals surface area contributed by atoms with Crippen molar-refractivity contribution in [3.05, 3.63) is 42.2 Å². The summed E-state index contributed by atoms with van der Waals surface area (Å²) in [5.41, 5.74) is 3.95. The lowest BCUT2D eigenvalue weighted by Crippen LogP contribution is -1.79. The van der Waals surface area contributed by atoms with E-state index in [2.05, 4.69) is 21.2 Å². The number of nitrogens with one attached hydrogen (secondary N) is 2. The topological polar surface area (TPSA) is 64.7 Å². The minimum atomic E-state index is 0.0358. The summed E-state index contributed by atoms with van der Waals surface area (Å²) in [6, 6.07) is 9.98. The Morgan fingerprint density at radius 2 is 2.12 bits per heavy atom. The maximum atomic E-state index is 9.04. The fraction of sp³-hybridized carbons (Fsp3) is 0.0833. The van der Waals surface area contributed by atoms with Crippen molar-refractivity contribution in [2.75, 3.05) is 0 Å². The van der Waals surface area contributed by atoms with Crippen LogP contribution in [0.25, 0.3) is 22.2 Å². The molecule has 80 valence electrons. The van der Waals surface area contributed by atoms with Crippen molar-refractivity contribution in [2.45, 2.75) is 6.61 Å². The monoisotopic (exact) mass is 213 g/mol. The minimum Gasteiger partial charge on any atom is -0.390 e. The van der Waals surface area contributed by atoms with Gasteiger partial charge in [-0.25, -0.2) is 0 Å². The Kier molecular flexibility index (Phi) is 2.01. The van der Waals surface area contributed by atoms with Gasteiger partial charge in [0.05, 0.1) is 12.3 Å². The molecule has 0 aliphatic heterocycles. The van der Waals surface area contributed by atoms with E-state index in [0.717, 1.165) is 27.9 Å². The molecule has 0 radical (unpaired) electrons. The van der Waals surface area contributed by atoms with Crippen LogP contribution in [0.1, 0.15) is 5.69 Å². The number of nitrogens with zero attached hydrogens (tertiary/aromatic N) is 1. The van der Waals surface area contributed by atoms with Gasteiger partial charge in [0.1, 0.15) is 0 Å². The Labute approximate surface area is 91.9 Å². The molecule has 0 fully saturated rings. The number of H-pyrrole nitrogens is 2. The third kappa shape index (κ3) is 1.40. The lowest BCUT2D eigenvalue weighted by atomic mass is 10.1. The van der Waals surface area contributed by atoms with Gasteiger partial charge in [-0.1, -0.05) is 6.07 Å². The van der Waals surface area contributed by atoms with Gasteiger partial charge in [-0.2, -0.15) is 5.10 Å². The molecule has 3 N–H and O–H groups in total. The summed E-state index contributed by atoms with van der Waals surface area (Å²) >= 11 is 0. The second-order valence-electron chi connectivity index (χ2n) is 3.73. The smallest absolute Gasteiger partial charge is 0.0831 e. The second kappa shape index (κ2) is 3.50. The van der Waals surface area contributed by atoms with E-state index in [0.29, 0.717) is 0 Å². The summed E-state index contributed by atoms with van der Waals surface area (Å²) in [6.07, 6.45) is 1.73. The predicted molar refractivity (Wildman–Crippen MR) is 61.8 cm³/mol. The Balaban J connectivity index is 2.15. The van der Waals surface area contributed by atoms with Crippen LogP contribution in [0.15, 0.2) is 36.5 Å². The Hall–Kier alpha value is -2.07. The zero-order valence-corrected chi connectivity index (χ0v) is 8.57. The van der Waals surface area contributed by atoms with Crippen LogP contribution in [0.3, 0.4) is 0 Å².